The van der Waals surface area contributed by atoms with Gasteiger partial charge >= 0.3 is 6.18 Å². The molecule has 3 rings (SSSR count). The predicted octanol–water partition coefficient (Wildman–Crippen LogP) is 4.03. The third-order valence-corrected chi connectivity index (χ3v) is 4.17. The SMILES string of the molecule is O=C1C(=Cc2ccsc2)NC(=S)N1c1ccccc1C(F)(F)F. The lowest BCUT2D eigenvalue weighted by Crippen LogP contribution is -2.32. The Kier molecular flexibility index (Phi) is 3.95. The van der Waals surface area contributed by atoms with Gasteiger partial charge in [-0.15, -0.1) is 0 Å². The summed E-state index contributed by atoms with van der Waals surface area (Å²) in [6.07, 6.45) is -3.02. The van der Waals surface area contributed by atoms with Crippen molar-refractivity contribution in [3.05, 3.63) is 57.9 Å². The number of amides is 1. The average Bonchev–Trinajstić information content (AvgIpc) is 3.08. The predicted molar refractivity (Wildman–Crippen MR) is 87.0 cm³/mol. The molecule has 1 amide bonds. The molecule has 2 aromatic rings. The molecule has 1 aliphatic heterocycles. The van der Waals surface area contributed by atoms with E-state index in [-0.39, 0.29) is 16.5 Å². The summed E-state index contributed by atoms with van der Waals surface area (Å²) in [6.45, 7) is 0. The number of nitrogens with one attached hydrogen (secondary N) is 1. The first-order chi connectivity index (χ1) is 10.9. The molecule has 0 bridgehead atoms. The normalized spacial score (nSPS) is 17.0. The molecule has 3 nitrogen and oxygen atoms in total. The van der Waals surface area contributed by atoms with Gasteiger partial charge in [0, 0.05) is 0 Å². The standard InChI is InChI=1S/C15H9F3N2OS2/c16-15(17,18)10-3-1-2-4-12(10)20-13(21)11(19-14(20)22)7-9-5-6-23-8-9/h1-8H,(H,19,22). The number of carbonyl (C=O) groups is 1. The van der Waals surface area contributed by atoms with Crippen molar-refractivity contribution in [1.29, 1.82) is 0 Å². The van der Waals surface area contributed by atoms with Crippen molar-refractivity contribution < 1.29 is 18.0 Å². The third kappa shape index (κ3) is 2.99. The van der Waals surface area contributed by atoms with Crippen LogP contribution >= 0.6 is 23.6 Å². The number of alkyl halides is 3. The summed E-state index contributed by atoms with van der Waals surface area (Å²) >= 11 is 6.49. The maximum absolute atomic E-state index is 13.1. The van der Waals surface area contributed by atoms with Gasteiger partial charge in [0.05, 0.1) is 11.3 Å². The summed E-state index contributed by atoms with van der Waals surface area (Å²) in [4.78, 5) is 13.3. The first-order valence-electron chi connectivity index (χ1n) is 6.43. The number of hydrogen-bond donors (Lipinski definition) is 1. The van der Waals surface area contributed by atoms with E-state index in [4.69, 9.17) is 12.2 Å². The second-order valence-electron chi connectivity index (χ2n) is 4.70. The summed E-state index contributed by atoms with van der Waals surface area (Å²) in [5, 5.41) is 6.25. The number of benzene rings is 1. The Labute approximate surface area is 139 Å². The highest BCUT2D eigenvalue weighted by atomic mass is 32.1. The number of thiophene rings is 1. The van der Waals surface area contributed by atoms with E-state index in [2.05, 4.69) is 5.32 Å². The number of rotatable bonds is 2. The minimum Gasteiger partial charge on any atom is -0.327 e. The van der Waals surface area contributed by atoms with Crippen LogP contribution in [0.1, 0.15) is 11.1 Å². The molecular weight excluding hydrogens is 345 g/mol. The number of thiocarbonyl (C=S) groups is 1. The van der Waals surface area contributed by atoms with Crippen LogP contribution in [-0.4, -0.2) is 11.0 Å². The largest absolute Gasteiger partial charge is 0.418 e. The second kappa shape index (κ2) is 5.78. The van der Waals surface area contributed by atoms with Crippen molar-refractivity contribution in [3.8, 4) is 0 Å². The number of hydrogen-bond acceptors (Lipinski definition) is 3. The summed E-state index contributed by atoms with van der Waals surface area (Å²) < 4.78 is 39.4. The number of halogens is 3. The number of carbonyl (C=O) groups excluding carboxylic acids is 1. The van der Waals surface area contributed by atoms with Crippen molar-refractivity contribution in [3.63, 3.8) is 0 Å². The smallest absolute Gasteiger partial charge is 0.327 e. The van der Waals surface area contributed by atoms with Crippen LogP contribution in [0, 0.1) is 0 Å². The molecule has 1 saturated heterocycles. The lowest BCUT2D eigenvalue weighted by atomic mass is 10.1. The molecule has 0 atom stereocenters. The number of nitrogens with zero attached hydrogens (tertiary/aromatic N) is 1. The monoisotopic (exact) mass is 354 g/mol. The van der Waals surface area contributed by atoms with E-state index in [0.717, 1.165) is 16.5 Å². The summed E-state index contributed by atoms with van der Waals surface area (Å²) in [5.41, 5.74) is -0.268. The lowest BCUT2D eigenvalue weighted by molar-refractivity contribution is -0.137. The van der Waals surface area contributed by atoms with Gasteiger partial charge in [-0.25, -0.2) is 0 Å². The van der Waals surface area contributed by atoms with Gasteiger partial charge in [0.15, 0.2) is 5.11 Å². The van der Waals surface area contributed by atoms with Gasteiger partial charge in [-0.1, -0.05) is 12.1 Å². The highest BCUT2D eigenvalue weighted by Crippen LogP contribution is 2.37. The van der Waals surface area contributed by atoms with Crippen LogP contribution in [0.15, 0.2) is 46.8 Å². The average molecular weight is 354 g/mol. The van der Waals surface area contributed by atoms with Crippen molar-refractivity contribution >= 4 is 46.3 Å². The molecule has 0 unspecified atom stereocenters. The van der Waals surface area contributed by atoms with Crippen LogP contribution in [0.2, 0.25) is 0 Å². The molecular formula is C15H9F3N2OS2. The van der Waals surface area contributed by atoms with Crippen molar-refractivity contribution in [1.82, 2.24) is 5.32 Å². The van der Waals surface area contributed by atoms with Gasteiger partial charge < -0.3 is 5.32 Å². The zero-order chi connectivity index (χ0) is 16.6. The lowest BCUT2D eigenvalue weighted by Gasteiger charge is -2.19. The molecule has 8 heteroatoms. The van der Waals surface area contributed by atoms with Gasteiger partial charge in [0.2, 0.25) is 0 Å². The number of anilines is 1. The van der Waals surface area contributed by atoms with Crippen molar-refractivity contribution in [2.24, 2.45) is 0 Å². The summed E-state index contributed by atoms with van der Waals surface area (Å²) in [5.74, 6) is -0.613. The maximum Gasteiger partial charge on any atom is 0.418 e. The molecule has 2 heterocycles. The quantitative estimate of drug-likeness (QED) is 0.653. The fourth-order valence-electron chi connectivity index (χ4n) is 2.19. The Morgan fingerprint density at radius 2 is 1.96 bits per heavy atom. The molecule has 1 fully saturated rings. The molecule has 0 aliphatic carbocycles. The Bertz CT molecular complexity index is 797. The fraction of sp³-hybridized carbons (Fsp3) is 0.0667. The molecule has 0 radical (unpaired) electrons. The van der Waals surface area contributed by atoms with E-state index in [1.165, 1.54) is 29.5 Å². The fourth-order valence-corrected chi connectivity index (χ4v) is 3.10. The summed E-state index contributed by atoms with van der Waals surface area (Å²) in [7, 11) is 0. The summed E-state index contributed by atoms with van der Waals surface area (Å²) in [6, 6.07) is 6.64. The zero-order valence-corrected chi connectivity index (χ0v) is 13.1. The van der Waals surface area contributed by atoms with Crippen LogP contribution in [0.3, 0.4) is 0 Å². The Balaban J connectivity index is 2.02. The Hall–Kier alpha value is -2.19. The van der Waals surface area contributed by atoms with Crippen molar-refractivity contribution in [2.75, 3.05) is 4.90 Å². The zero-order valence-electron chi connectivity index (χ0n) is 11.4. The van der Waals surface area contributed by atoms with Crippen molar-refractivity contribution in [2.45, 2.75) is 6.18 Å². The molecule has 1 aliphatic rings. The van der Waals surface area contributed by atoms with Gasteiger partial charge in [-0.05, 0) is 52.8 Å². The van der Waals surface area contributed by atoms with Gasteiger partial charge in [0.25, 0.3) is 5.91 Å². The highest BCUT2D eigenvalue weighted by Gasteiger charge is 2.40. The molecule has 0 spiro atoms. The van der Waals surface area contributed by atoms with Gasteiger partial charge in [-0.3, -0.25) is 9.69 Å². The van der Waals surface area contributed by atoms with E-state index in [9.17, 15) is 18.0 Å². The minimum absolute atomic E-state index is 0.0758. The topological polar surface area (TPSA) is 32.3 Å². The Morgan fingerprint density at radius 3 is 2.61 bits per heavy atom. The number of para-hydroxylation sites is 1. The van der Waals surface area contributed by atoms with E-state index in [0.29, 0.717) is 0 Å². The van der Waals surface area contributed by atoms with Crippen LogP contribution in [0.25, 0.3) is 6.08 Å². The first kappa shape index (κ1) is 15.7. The van der Waals surface area contributed by atoms with Gasteiger partial charge in [0.1, 0.15) is 5.70 Å². The van der Waals surface area contributed by atoms with Crippen LogP contribution < -0.4 is 10.2 Å². The van der Waals surface area contributed by atoms with E-state index in [1.54, 1.807) is 12.1 Å². The molecule has 118 valence electrons. The van der Waals surface area contributed by atoms with Crippen LogP contribution in [0.4, 0.5) is 18.9 Å². The maximum atomic E-state index is 13.1. The van der Waals surface area contributed by atoms with E-state index in [1.807, 2.05) is 10.8 Å². The second-order valence-corrected chi connectivity index (χ2v) is 5.87. The third-order valence-electron chi connectivity index (χ3n) is 3.18. The first-order valence-corrected chi connectivity index (χ1v) is 7.78. The molecule has 23 heavy (non-hydrogen) atoms. The van der Waals surface area contributed by atoms with Gasteiger partial charge in [-0.2, -0.15) is 24.5 Å². The molecule has 1 N–H and O–H groups in total. The van der Waals surface area contributed by atoms with E-state index < -0.39 is 17.6 Å². The molecule has 1 aromatic heterocycles. The van der Waals surface area contributed by atoms with Crippen LogP contribution in [-0.2, 0) is 11.0 Å². The Morgan fingerprint density at radius 1 is 1.22 bits per heavy atom. The van der Waals surface area contributed by atoms with Crippen LogP contribution in [0.5, 0.6) is 0 Å². The molecule has 1 aromatic carbocycles. The van der Waals surface area contributed by atoms with E-state index >= 15 is 0 Å². The highest BCUT2D eigenvalue weighted by molar-refractivity contribution is 7.80. The minimum atomic E-state index is -4.58. The molecule has 0 saturated carbocycles.